The van der Waals surface area contributed by atoms with Crippen LogP contribution in [0.25, 0.3) is 6.08 Å². The van der Waals surface area contributed by atoms with Crippen molar-refractivity contribution in [3.63, 3.8) is 0 Å². The number of nitrogens with zero attached hydrogens (tertiary/aromatic N) is 2. The van der Waals surface area contributed by atoms with E-state index < -0.39 is 4.92 Å². The highest BCUT2D eigenvalue weighted by Gasteiger charge is 2.33. The number of thioether (sulfide) groups is 1. The second kappa shape index (κ2) is 10.5. The zero-order valence-electron chi connectivity index (χ0n) is 18.2. The minimum absolute atomic E-state index is 0.00493. The van der Waals surface area contributed by atoms with Crippen LogP contribution in [0.1, 0.15) is 11.1 Å². The predicted octanol–water partition coefficient (Wildman–Crippen LogP) is 5.77. The highest BCUT2D eigenvalue weighted by molar-refractivity contribution is 8.27. The van der Waals surface area contributed by atoms with Crippen molar-refractivity contribution in [3.05, 3.63) is 98.9 Å². The van der Waals surface area contributed by atoms with Crippen LogP contribution in [0.2, 0.25) is 0 Å². The standard InChI is InChI=1S/C25H20N2O5S2/c1-17-6-8-19(9-7-17)26-24(28)23(34-25(26)33)16-18-4-2-3-5-22(18)32-15-14-31-21-12-10-20(11-13-21)27(29)30/h2-13,16H,14-15H2,1H3. The molecule has 0 radical (unpaired) electrons. The van der Waals surface area contributed by atoms with Gasteiger partial charge >= 0.3 is 0 Å². The summed E-state index contributed by atoms with van der Waals surface area (Å²) in [6.45, 7) is 2.50. The van der Waals surface area contributed by atoms with E-state index in [0.717, 1.165) is 16.8 Å². The van der Waals surface area contributed by atoms with Gasteiger partial charge in [0.1, 0.15) is 24.7 Å². The van der Waals surface area contributed by atoms with Gasteiger partial charge in [0.25, 0.3) is 11.6 Å². The molecule has 34 heavy (non-hydrogen) atoms. The third-order valence-corrected chi connectivity index (χ3v) is 6.25. The molecular weight excluding hydrogens is 472 g/mol. The van der Waals surface area contributed by atoms with Crippen LogP contribution in [0.5, 0.6) is 11.5 Å². The fourth-order valence-corrected chi connectivity index (χ4v) is 4.52. The molecule has 3 aromatic carbocycles. The Balaban J connectivity index is 1.41. The average molecular weight is 493 g/mol. The Bertz CT molecular complexity index is 1260. The molecule has 0 N–H and O–H groups in total. The molecule has 3 aromatic rings. The van der Waals surface area contributed by atoms with Crippen molar-refractivity contribution in [3.8, 4) is 11.5 Å². The van der Waals surface area contributed by atoms with Gasteiger partial charge in [-0.1, -0.05) is 59.9 Å². The molecule has 172 valence electrons. The minimum atomic E-state index is -0.460. The van der Waals surface area contributed by atoms with Gasteiger partial charge in [0, 0.05) is 17.7 Å². The maximum Gasteiger partial charge on any atom is 0.270 e. The summed E-state index contributed by atoms with van der Waals surface area (Å²) in [5.74, 6) is 0.952. The molecule has 4 rings (SSSR count). The van der Waals surface area contributed by atoms with Crippen LogP contribution >= 0.6 is 24.0 Å². The Hall–Kier alpha value is -3.69. The molecule has 0 atom stereocenters. The number of aryl methyl sites for hydroxylation is 1. The van der Waals surface area contributed by atoms with Crippen LogP contribution in [0.4, 0.5) is 11.4 Å². The normalized spacial score (nSPS) is 14.5. The Morgan fingerprint density at radius 2 is 1.68 bits per heavy atom. The van der Waals surface area contributed by atoms with Crippen LogP contribution in [0.3, 0.4) is 0 Å². The number of para-hydroxylation sites is 1. The number of carbonyl (C=O) groups is 1. The zero-order chi connectivity index (χ0) is 24.1. The number of non-ortho nitro benzene ring substituents is 1. The molecule has 1 fully saturated rings. The topological polar surface area (TPSA) is 81.9 Å². The van der Waals surface area contributed by atoms with E-state index in [-0.39, 0.29) is 24.8 Å². The maximum absolute atomic E-state index is 13.0. The minimum Gasteiger partial charge on any atom is -0.490 e. The van der Waals surface area contributed by atoms with Gasteiger partial charge in [0.05, 0.1) is 15.5 Å². The highest BCUT2D eigenvalue weighted by atomic mass is 32.2. The molecular formula is C25H20N2O5S2. The molecule has 1 aliphatic heterocycles. The number of carbonyl (C=O) groups excluding carboxylic acids is 1. The van der Waals surface area contributed by atoms with Crippen LogP contribution in [0, 0.1) is 17.0 Å². The smallest absolute Gasteiger partial charge is 0.270 e. The molecule has 0 spiro atoms. The number of hydrogen-bond donors (Lipinski definition) is 0. The van der Waals surface area contributed by atoms with Gasteiger partial charge in [0.2, 0.25) is 0 Å². The fourth-order valence-electron chi connectivity index (χ4n) is 3.23. The number of rotatable bonds is 8. The molecule has 0 aromatic heterocycles. The number of nitro benzene ring substituents is 1. The third kappa shape index (κ3) is 5.44. The van der Waals surface area contributed by atoms with Gasteiger partial charge in [-0.15, -0.1) is 0 Å². The summed E-state index contributed by atoms with van der Waals surface area (Å²) in [5.41, 5.74) is 2.60. The first-order valence-electron chi connectivity index (χ1n) is 10.4. The second-order valence-electron chi connectivity index (χ2n) is 7.34. The van der Waals surface area contributed by atoms with E-state index in [1.54, 1.807) is 18.2 Å². The number of thiocarbonyl (C=S) groups is 1. The molecule has 0 aliphatic carbocycles. The maximum atomic E-state index is 13.0. The summed E-state index contributed by atoms with van der Waals surface area (Å²) in [6, 6.07) is 20.9. The van der Waals surface area contributed by atoms with Gasteiger partial charge in [-0.05, 0) is 43.3 Å². The second-order valence-corrected chi connectivity index (χ2v) is 9.01. The number of anilines is 1. The summed E-state index contributed by atoms with van der Waals surface area (Å²) in [4.78, 5) is 25.4. The SMILES string of the molecule is Cc1ccc(N2C(=O)C(=Cc3ccccc3OCCOc3ccc([N+](=O)[O-])cc3)SC2=S)cc1. The number of amides is 1. The summed E-state index contributed by atoms with van der Waals surface area (Å²) < 4.78 is 11.9. The van der Waals surface area contributed by atoms with E-state index in [1.807, 2.05) is 55.5 Å². The Morgan fingerprint density at radius 1 is 1.00 bits per heavy atom. The number of nitro groups is 1. The van der Waals surface area contributed by atoms with Gasteiger partial charge < -0.3 is 9.47 Å². The van der Waals surface area contributed by atoms with Gasteiger partial charge in [-0.3, -0.25) is 19.8 Å². The molecule has 1 saturated heterocycles. The monoisotopic (exact) mass is 492 g/mol. The van der Waals surface area contributed by atoms with Crippen LogP contribution < -0.4 is 14.4 Å². The first-order valence-corrected chi connectivity index (χ1v) is 11.6. The van der Waals surface area contributed by atoms with Crippen molar-refractivity contribution in [2.45, 2.75) is 6.92 Å². The predicted molar refractivity (Wildman–Crippen MR) is 137 cm³/mol. The first-order chi connectivity index (χ1) is 16.4. The molecule has 0 saturated carbocycles. The summed E-state index contributed by atoms with van der Waals surface area (Å²) >= 11 is 6.71. The van der Waals surface area contributed by atoms with E-state index in [9.17, 15) is 14.9 Å². The first kappa shape index (κ1) is 23.5. The largest absolute Gasteiger partial charge is 0.490 e. The van der Waals surface area contributed by atoms with Gasteiger partial charge in [-0.2, -0.15) is 0 Å². The third-order valence-electron chi connectivity index (χ3n) is 4.95. The number of benzene rings is 3. The van der Waals surface area contributed by atoms with Crippen molar-refractivity contribution in [2.24, 2.45) is 0 Å². The Morgan fingerprint density at radius 3 is 2.38 bits per heavy atom. The quantitative estimate of drug-likeness (QED) is 0.130. The van der Waals surface area contributed by atoms with Crippen molar-refractivity contribution in [1.29, 1.82) is 0 Å². The molecule has 1 heterocycles. The molecule has 1 amide bonds. The van der Waals surface area contributed by atoms with E-state index in [2.05, 4.69) is 0 Å². The van der Waals surface area contributed by atoms with Crippen LogP contribution in [0.15, 0.2) is 77.7 Å². The zero-order valence-corrected chi connectivity index (χ0v) is 19.8. The lowest BCUT2D eigenvalue weighted by Crippen LogP contribution is -2.27. The summed E-state index contributed by atoms with van der Waals surface area (Å²) in [6.07, 6.45) is 1.78. The van der Waals surface area contributed by atoms with Crippen molar-refractivity contribution >= 4 is 51.7 Å². The summed E-state index contributed by atoms with van der Waals surface area (Å²) in [7, 11) is 0. The molecule has 7 nitrogen and oxygen atoms in total. The van der Waals surface area contributed by atoms with Gasteiger partial charge in [0.15, 0.2) is 4.32 Å². The lowest BCUT2D eigenvalue weighted by Gasteiger charge is -2.14. The van der Waals surface area contributed by atoms with Crippen LogP contribution in [-0.4, -0.2) is 28.4 Å². The van der Waals surface area contributed by atoms with E-state index in [0.29, 0.717) is 20.7 Å². The molecule has 0 bridgehead atoms. The number of hydrogen-bond acceptors (Lipinski definition) is 7. The van der Waals surface area contributed by atoms with E-state index in [4.69, 9.17) is 21.7 Å². The number of ether oxygens (including phenoxy) is 2. The van der Waals surface area contributed by atoms with E-state index in [1.165, 1.54) is 28.8 Å². The molecule has 9 heteroatoms. The lowest BCUT2D eigenvalue weighted by atomic mass is 10.1. The average Bonchev–Trinajstić information content (AvgIpc) is 3.11. The van der Waals surface area contributed by atoms with Gasteiger partial charge in [-0.25, -0.2) is 0 Å². The summed E-state index contributed by atoms with van der Waals surface area (Å²) in [5, 5.41) is 10.7. The fraction of sp³-hybridized carbons (Fsp3) is 0.120. The Labute approximate surface area is 206 Å². The van der Waals surface area contributed by atoms with Crippen LogP contribution in [-0.2, 0) is 4.79 Å². The lowest BCUT2D eigenvalue weighted by molar-refractivity contribution is -0.384. The van der Waals surface area contributed by atoms with Crippen molar-refractivity contribution in [2.75, 3.05) is 18.1 Å². The molecule has 0 unspecified atom stereocenters. The van der Waals surface area contributed by atoms with Crippen molar-refractivity contribution in [1.82, 2.24) is 0 Å². The molecule has 1 aliphatic rings. The van der Waals surface area contributed by atoms with Crippen molar-refractivity contribution < 1.29 is 19.2 Å². The van der Waals surface area contributed by atoms with E-state index >= 15 is 0 Å². The highest BCUT2D eigenvalue weighted by Crippen LogP contribution is 2.37. The Kier molecular flexibility index (Phi) is 7.24.